The lowest BCUT2D eigenvalue weighted by Gasteiger charge is -2.15. The molecule has 21 heavy (non-hydrogen) atoms. The van der Waals surface area contributed by atoms with E-state index >= 15 is 0 Å². The Bertz CT molecular complexity index is 441. The average molecular weight is 289 g/mol. The number of unbranched alkanes of at least 4 members (excludes halogenated alkanes) is 1. The second-order valence-electron chi connectivity index (χ2n) is 6.16. The third-order valence-electron chi connectivity index (χ3n) is 4.39. The zero-order valence-electron chi connectivity index (χ0n) is 13.0. The highest BCUT2D eigenvalue weighted by molar-refractivity contribution is 5.78. The quantitative estimate of drug-likeness (QED) is 0.811. The minimum atomic E-state index is -0.233. The van der Waals surface area contributed by atoms with Crippen molar-refractivity contribution in [2.45, 2.75) is 58.0 Å². The number of rotatable bonds is 7. The second-order valence-corrected chi connectivity index (χ2v) is 6.16. The average Bonchev–Trinajstić information content (AvgIpc) is 2.90. The van der Waals surface area contributed by atoms with Gasteiger partial charge in [-0.3, -0.25) is 4.79 Å². The summed E-state index contributed by atoms with van der Waals surface area (Å²) in [6.45, 7) is 2.80. The molecule has 1 amide bonds. The SMILES string of the molecule is CCCCc1ccc(CC(=O)NCC2CCCC2O)cc1. The van der Waals surface area contributed by atoms with E-state index < -0.39 is 0 Å². The number of carbonyl (C=O) groups excluding carboxylic acids is 1. The Morgan fingerprint density at radius 1 is 1.24 bits per heavy atom. The summed E-state index contributed by atoms with van der Waals surface area (Å²) in [5.74, 6) is 0.292. The number of benzene rings is 1. The molecule has 2 atom stereocenters. The van der Waals surface area contributed by atoms with Gasteiger partial charge in [-0.1, -0.05) is 44.0 Å². The monoisotopic (exact) mass is 289 g/mol. The number of aliphatic hydroxyl groups excluding tert-OH is 1. The molecule has 1 aromatic carbocycles. The predicted octanol–water partition coefficient (Wildman–Crippen LogP) is 2.85. The summed E-state index contributed by atoms with van der Waals surface area (Å²) >= 11 is 0. The van der Waals surface area contributed by atoms with Crippen LogP contribution in [0.1, 0.15) is 50.2 Å². The first kappa shape index (κ1) is 16.0. The van der Waals surface area contributed by atoms with Crippen LogP contribution >= 0.6 is 0 Å². The lowest BCUT2D eigenvalue weighted by atomic mass is 10.0. The molecule has 0 radical (unpaired) electrons. The summed E-state index contributed by atoms with van der Waals surface area (Å²) < 4.78 is 0. The summed E-state index contributed by atoms with van der Waals surface area (Å²) in [7, 11) is 0. The predicted molar refractivity (Wildman–Crippen MR) is 85.1 cm³/mol. The van der Waals surface area contributed by atoms with Crippen LogP contribution < -0.4 is 5.32 Å². The molecule has 116 valence electrons. The Labute approximate surface area is 127 Å². The van der Waals surface area contributed by atoms with Gasteiger partial charge in [0.2, 0.25) is 5.91 Å². The van der Waals surface area contributed by atoms with Crippen molar-refractivity contribution in [3.8, 4) is 0 Å². The van der Waals surface area contributed by atoms with Gasteiger partial charge in [-0.15, -0.1) is 0 Å². The zero-order valence-corrected chi connectivity index (χ0v) is 13.0. The molecule has 3 heteroatoms. The van der Waals surface area contributed by atoms with Gasteiger partial charge in [0.25, 0.3) is 0 Å². The minimum absolute atomic E-state index is 0.0513. The van der Waals surface area contributed by atoms with Gasteiger partial charge in [0.05, 0.1) is 12.5 Å². The van der Waals surface area contributed by atoms with Crippen LogP contribution in [-0.4, -0.2) is 23.7 Å². The Morgan fingerprint density at radius 2 is 1.95 bits per heavy atom. The van der Waals surface area contributed by atoms with Crippen LogP contribution in [-0.2, 0) is 17.6 Å². The number of amides is 1. The Morgan fingerprint density at radius 3 is 2.57 bits per heavy atom. The third-order valence-corrected chi connectivity index (χ3v) is 4.39. The molecule has 0 spiro atoms. The van der Waals surface area contributed by atoms with Gasteiger partial charge in [-0.25, -0.2) is 0 Å². The summed E-state index contributed by atoms with van der Waals surface area (Å²) in [6.07, 6.45) is 6.69. The zero-order chi connectivity index (χ0) is 15.1. The molecule has 0 aromatic heterocycles. The maximum Gasteiger partial charge on any atom is 0.224 e. The van der Waals surface area contributed by atoms with Crippen molar-refractivity contribution >= 4 is 5.91 Å². The molecule has 0 saturated heterocycles. The maximum absolute atomic E-state index is 11.9. The van der Waals surface area contributed by atoms with Crippen LogP contribution in [0.3, 0.4) is 0 Å². The van der Waals surface area contributed by atoms with Gasteiger partial charge < -0.3 is 10.4 Å². The van der Waals surface area contributed by atoms with E-state index in [4.69, 9.17) is 0 Å². The Hall–Kier alpha value is -1.35. The van der Waals surface area contributed by atoms with Crippen molar-refractivity contribution < 1.29 is 9.90 Å². The van der Waals surface area contributed by atoms with Crippen molar-refractivity contribution in [1.82, 2.24) is 5.32 Å². The highest BCUT2D eigenvalue weighted by Gasteiger charge is 2.25. The summed E-state index contributed by atoms with van der Waals surface area (Å²) in [5.41, 5.74) is 2.40. The molecule has 0 bridgehead atoms. The molecule has 1 aliphatic carbocycles. The molecule has 2 N–H and O–H groups in total. The van der Waals surface area contributed by atoms with E-state index in [-0.39, 0.29) is 17.9 Å². The van der Waals surface area contributed by atoms with Crippen LogP contribution in [0.4, 0.5) is 0 Å². The molecule has 3 nitrogen and oxygen atoms in total. The fraction of sp³-hybridized carbons (Fsp3) is 0.611. The van der Waals surface area contributed by atoms with E-state index in [1.807, 2.05) is 0 Å². The first-order valence-electron chi connectivity index (χ1n) is 8.21. The highest BCUT2D eigenvalue weighted by Crippen LogP contribution is 2.24. The van der Waals surface area contributed by atoms with Crippen LogP contribution in [0.25, 0.3) is 0 Å². The molecule has 0 heterocycles. The van der Waals surface area contributed by atoms with E-state index in [0.29, 0.717) is 13.0 Å². The largest absolute Gasteiger partial charge is 0.393 e. The van der Waals surface area contributed by atoms with E-state index in [1.54, 1.807) is 0 Å². The maximum atomic E-state index is 11.9. The van der Waals surface area contributed by atoms with Crippen molar-refractivity contribution in [2.75, 3.05) is 6.54 Å². The van der Waals surface area contributed by atoms with Crippen LogP contribution in [0.2, 0.25) is 0 Å². The van der Waals surface area contributed by atoms with Gasteiger partial charge in [0.15, 0.2) is 0 Å². The smallest absolute Gasteiger partial charge is 0.224 e. The Balaban J connectivity index is 1.74. The normalized spacial score (nSPS) is 21.4. The van der Waals surface area contributed by atoms with Crippen LogP contribution in [0.15, 0.2) is 24.3 Å². The molecule has 2 rings (SSSR count). The van der Waals surface area contributed by atoms with Crippen molar-refractivity contribution in [2.24, 2.45) is 5.92 Å². The molecule has 1 aromatic rings. The molecule has 1 fully saturated rings. The van der Waals surface area contributed by atoms with Gasteiger partial charge in [-0.05, 0) is 36.8 Å². The van der Waals surface area contributed by atoms with Gasteiger partial charge in [0, 0.05) is 12.5 Å². The van der Waals surface area contributed by atoms with Gasteiger partial charge in [-0.2, -0.15) is 0 Å². The van der Waals surface area contributed by atoms with E-state index in [9.17, 15) is 9.90 Å². The summed E-state index contributed by atoms with van der Waals surface area (Å²) in [4.78, 5) is 11.9. The van der Waals surface area contributed by atoms with E-state index in [0.717, 1.165) is 31.2 Å². The van der Waals surface area contributed by atoms with Gasteiger partial charge in [0.1, 0.15) is 0 Å². The lowest BCUT2D eigenvalue weighted by molar-refractivity contribution is -0.120. The number of hydrogen-bond donors (Lipinski definition) is 2. The number of nitrogens with one attached hydrogen (secondary N) is 1. The molecule has 1 aliphatic rings. The second kappa shape index (κ2) is 8.18. The molecule has 1 saturated carbocycles. The van der Waals surface area contributed by atoms with E-state index in [1.165, 1.54) is 18.4 Å². The third kappa shape index (κ3) is 5.16. The van der Waals surface area contributed by atoms with Crippen LogP contribution in [0.5, 0.6) is 0 Å². The molecule has 0 aliphatic heterocycles. The van der Waals surface area contributed by atoms with Crippen molar-refractivity contribution in [1.29, 1.82) is 0 Å². The minimum Gasteiger partial charge on any atom is -0.393 e. The Kier molecular flexibility index (Phi) is 6.24. The first-order valence-corrected chi connectivity index (χ1v) is 8.21. The highest BCUT2D eigenvalue weighted by atomic mass is 16.3. The number of carbonyl (C=O) groups is 1. The number of aryl methyl sites for hydroxylation is 1. The van der Waals surface area contributed by atoms with Crippen molar-refractivity contribution in [3.63, 3.8) is 0 Å². The van der Waals surface area contributed by atoms with E-state index in [2.05, 4.69) is 36.5 Å². The number of hydrogen-bond acceptors (Lipinski definition) is 2. The summed E-state index contributed by atoms with van der Waals surface area (Å²) in [5, 5.41) is 12.7. The standard InChI is InChI=1S/C18H27NO2/c1-2-3-5-14-8-10-15(11-9-14)12-18(21)19-13-16-6-4-7-17(16)20/h8-11,16-17,20H,2-7,12-13H2,1H3,(H,19,21). The molecular weight excluding hydrogens is 262 g/mol. The molecular formula is C18H27NO2. The fourth-order valence-corrected chi connectivity index (χ4v) is 2.95. The van der Waals surface area contributed by atoms with Crippen LogP contribution in [0, 0.1) is 5.92 Å². The topological polar surface area (TPSA) is 49.3 Å². The number of aliphatic hydroxyl groups is 1. The van der Waals surface area contributed by atoms with Gasteiger partial charge >= 0.3 is 0 Å². The fourth-order valence-electron chi connectivity index (χ4n) is 2.95. The lowest BCUT2D eigenvalue weighted by Crippen LogP contribution is -2.33. The van der Waals surface area contributed by atoms with Crippen molar-refractivity contribution in [3.05, 3.63) is 35.4 Å². The summed E-state index contributed by atoms with van der Waals surface area (Å²) in [6, 6.07) is 8.35. The molecule has 2 unspecified atom stereocenters. The first-order chi connectivity index (χ1) is 10.2.